The van der Waals surface area contributed by atoms with Crippen molar-refractivity contribution < 1.29 is 9.32 Å². The van der Waals surface area contributed by atoms with Crippen molar-refractivity contribution in [3.05, 3.63) is 82.9 Å². The lowest BCUT2D eigenvalue weighted by atomic mass is 10.0. The second-order valence-electron chi connectivity index (χ2n) is 6.80. The van der Waals surface area contributed by atoms with Crippen molar-refractivity contribution in [3.8, 4) is 22.5 Å². The van der Waals surface area contributed by atoms with Crippen molar-refractivity contribution >= 4 is 17.2 Å². The summed E-state index contributed by atoms with van der Waals surface area (Å²) in [6.45, 7) is 1.98. The number of hydrogen-bond acceptors (Lipinski definition) is 5. The Hall–Kier alpha value is -3.25. The molecule has 146 valence electrons. The lowest BCUT2D eigenvalue weighted by molar-refractivity contribution is -0.121. The molecule has 0 saturated carbocycles. The summed E-state index contributed by atoms with van der Waals surface area (Å²) in [7, 11) is 0. The molecule has 0 spiro atoms. The zero-order chi connectivity index (χ0) is 20.1. The summed E-state index contributed by atoms with van der Waals surface area (Å²) in [5, 5.41) is 10.9. The SMILES string of the molecule is C[C@H](NC(=O)CCc1nc(-c2ccsc2)no1)c1ccc(-c2ccccc2)cc1. The van der Waals surface area contributed by atoms with Crippen LogP contribution in [0.5, 0.6) is 0 Å². The fraction of sp³-hybridized carbons (Fsp3) is 0.174. The molecule has 5 nitrogen and oxygen atoms in total. The molecular weight excluding hydrogens is 382 g/mol. The van der Waals surface area contributed by atoms with E-state index in [1.807, 2.05) is 41.9 Å². The molecule has 2 heterocycles. The summed E-state index contributed by atoms with van der Waals surface area (Å²) in [5.41, 5.74) is 4.33. The predicted octanol–water partition coefficient (Wildman–Crippen LogP) is 5.28. The fourth-order valence-corrected chi connectivity index (χ4v) is 3.71. The minimum Gasteiger partial charge on any atom is -0.350 e. The molecule has 0 aliphatic carbocycles. The monoisotopic (exact) mass is 403 g/mol. The van der Waals surface area contributed by atoms with Gasteiger partial charge in [-0.15, -0.1) is 0 Å². The molecule has 2 aromatic heterocycles. The third kappa shape index (κ3) is 4.78. The van der Waals surface area contributed by atoms with Gasteiger partial charge in [-0.05, 0) is 35.1 Å². The molecule has 4 aromatic rings. The van der Waals surface area contributed by atoms with Crippen molar-refractivity contribution in [2.24, 2.45) is 0 Å². The van der Waals surface area contributed by atoms with Crippen molar-refractivity contribution in [3.63, 3.8) is 0 Å². The maximum atomic E-state index is 12.3. The number of amides is 1. The molecular formula is C23H21N3O2S. The summed E-state index contributed by atoms with van der Waals surface area (Å²) in [4.78, 5) is 16.7. The number of rotatable bonds is 7. The summed E-state index contributed by atoms with van der Waals surface area (Å²) < 4.78 is 5.25. The first-order valence-electron chi connectivity index (χ1n) is 9.49. The highest BCUT2D eigenvalue weighted by atomic mass is 32.1. The second-order valence-corrected chi connectivity index (χ2v) is 7.58. The minimum atomic E-state index is -0.0728. The number of aromatic nitrogens is 2. The van der Waals surface area contributed by atoms with Crippen LogP contribution in [0.25, 0.3) is 22.5 Å². The van der Waals surface area contributed by atoms with Crippen LogP contribution in [-0.4, -0.2) is 16.0 Å². The Morgan fingerprint density at radius 3 is 2.52 bits per heavy atom. The van der Waals surface area contributed by atoms with Gasteiger partial charge in [-0.3, -0.25) is 4.79 Å². The number of thiophene rings is 1. The Morgan fingerprint density at radius 1 is 1.03 bits per heavy atom. The number of aryl methyl sites for hydroxylation is 1. The van der Waals surface area contributed by atoms with E-state index < -0.39 is 0 Å². The first-order chi connectivity index (χ1) is 14.2. The third-order valence-corrected chi connectivity index (χ3v) is 5.39. The van der Waals surface area contributed by atoms with Gasteiger partial charge in [-0.1, -0.05) is 59.8 Å². The van der Waals surface area contributed by atoms with Crippen molar-refractivity contribution in [2.45, 2.75) is 25.8 Å². The third-order valence-electron chi connectivity index (χ3n) is 4.71. The van der Waals surface area contributed by atoms with Crippen molar-refractivity contribution in [2.75, 3.05) is 0 Å². The van der Waals surface area contributed by atoms with Crippen LogP contribution in [0.2, 0.25) is 0 Å². The van der Waals surface area contributed by atoms with E-state index in [9.17, 15) is 4.79 Å². The first kappa shape index (κ1) is 19.1. The Morgan fingerprint density at radius 2 is 1.79 bits per heavy atom. The fourth-order valence-electron chi connectivity index (χ4n) is 3.08. The normalized spacial score (nSPS) is 11.9. The molecule has 0 aliphatic rings. The molecule has 4 rings (SSSR count). The van der Waals surface area contributed by atoms with Crippen molar-refractivity contribution in [1.29, 1.82) is 0 Å². The highest BCUT2D eigenvalue weighted by molar-refractivity contribution is 7.08. The summed E-state index contributed by atoms with van der Waals surface area (Å²) >= 11 is 1.58. The molecule has 2 aromatic carbocycles. The van der Waals surface area contributed by atoms with E-state index in [2.05, 4.69) is 51.9 Å². The van der Waals surface area contributed by atoms with E-state index in [0.717, 1.165) is 16.7 Å². The predicted molar refractivity (Wildman–Crippen MR) is 114 cm³/mol. The minimum absolute atomic E-state index is 0.0417. The first-order valence-corrected chi connectivity index (χ1v) is 10.4. The quantitative estimate of drug-likeness (QED) is 0.456. The number of carbonyl (C=O) groups is 1. The Balaban J connectivity index is 1.30. The molecule has 0 saturated heterocycles. The Kier molecular flexibility index (Phi) is 5.81. The van der Waals surface area contributed by atoms with Gasteiger partial charge in [0.1, 0.15) is 0 Å². The van der Waals surface area contributed by atoms with Gasteiger partial charge in [0.25, 0.3) is 0 Å². The zero-order valence-corrected chi connectivity index (χ0v) is 16.9. The molecule has 29 heavy (non-hydrogen) atoms. The smallest absolute Gasteiger partial charge is 0.227 e. The highest BCUT2D eigenvalue weighted by Gasteiger charge is 2.13. The maximum Gasteiger partial charge on any atom is 0.227 e. The zero-order valence-electron chi connectivity index (χ0n) is 16.0. The van der Waals surface area contributed by atoms with Crippen LogP contribution < -0.4 is 5.32 Å². The molecule has 1 N–H and O–H groups in total. The van der Waals surface area contributed by atoms with E-state index in [1.54, 1.807) is 11.3 Å². The summed E-state index contributed by atoms with van der Waals surface area (Å²) in [6.07, 6.45) is 0.723. The van der Waals surface area contributed by atoms with E-state index in [4.69, 9.17) is 4.52 Å². The van der Waals surface area contributed by atoms with Gasteiger partial charge < -0.3 is 9.84 Å². The van der Waals surface area contributed by atoms with Crippen LogP contribution in [-0.2, 0) is 11.2 Å². The molecule has 0 bridgehead atoms. The summed E-state index contributed by atoms with van der Waals surface area (Å²) in [5.74, 6) is 0.995. The number of nitrogens with zero attached hydrogens (tertiary/aromatic N) is 2. The lowest BCUT2D eigenvalue weighted by Crippen LogP contribution is -2.26. The van der Waals surface area contributed by atoms with Gasteiger partial charge in [0.05, 0.1) is 6.04 Å². The molecule has 0 fully saturated rings. The Labute approximate surface area is 173 Å². The highest BCUT2D eigenvalue weighted by Crippen LogP contribution is 2.22. The number of hydrogen-bond donors (Lipinski definition) is 1. The van der Waals surface area contributed by atoms with Crippen LogP contribution in [0.15, 0.2) is 75.9 Å². The molecule has 1 amide bonds. The molecule has 0 aliphatic heterocycles. The molecule has 0 unspecified atom stereocenters. The van der Waals surface area contributed by atoms with Gasteiger partial charge in [0.2, 0.25) is 17.6 Å². The van der Waals surface area contributed by atoms with E-state index in [0.29, 0.717) is 24.6 Å². The number of benzene rings is 2. The van der Waals surface area contributed by atoms with Crippen molar-refractivity contribution in [1.82, 2.24) is 15.5 Å². The average Bonchev–Trinajstić information content (AvgIpc) is 3.45. The van der Waals surface area contributed by atoms with E-state index >= 15 is 0 Å². The topological polar surface area (TPSA) is 68.0 Å². The maximum absolute atomic E-state index is 12.3. The van der Waals surface area contributed by atoms with Crippen LogP contribution >= 0.6 is 11.3 Å². The second kappa shape index (κ2) is 8.84. The molecule has 0 radical (unpaired) electrons. The summed E-state index contributed by atoms with van der Waals surface area (Å²) in [6, 6.07) is 20.4. The van der Waals surface area contributed by atoms with Crippen LogP contribution in [0.1, 0.15) is 30.8 Å². The van der Waals surface area contributed by atoms with Gasteiger partial charge in [0, 0.05) is 23.8 Å². The Bertz CT molecular complexity index is 1060. The largest absolute Gasteiger partial charge is 0.350 e. The van der Waals surface area contributed by atoms with Gasteiger partial charge >= 0.3 is 0 Å². The van der Waals surface area contributed by atoms with Crippen LogP contribution in [0.4, 0.5) is 0 Å². The lowest BCUT2D eigenvalue weighted by Gasteiger charge is -2.14. The van der Waals surface area contributed by atoms with E-state index in [1.165, 1.54) is 5.56 Å². The average molecular weight is 404 g/mol. The van der Waals surface area contributed by atoms with Gasteiger partial charge in [0.15, 0.2) is 0 Å². The number of carbonyl (C=O) groups excluding carboxylic acids is 1. The number of nitrogens with one attached hydrogen (secondary N) is 1. The molecule has 1 atom stereocenters. The van der Waals surface area contributed by atoms with E-state index in [-0.39, 0.29) is 11.9 Å². The standard InChI is InChI=1S/C23H21N3O2S/c1-16(17-7-9-19(10-8-17)18-5-3-2-4-6-18)24-21(27)11-12-22-25-23(26-28-22)20-13-14-29-15-20/h2-10,13-16H,11-12H2,1H3,(H,24,27)/t16-/m0/s1. The van der Waals surface area contributed by atoms with Gasteiger partial charge in [-0.2, -0.15) is 16.3 Å². The van der Waals surface area contributed by atoms with Crippen LogP contribution in [0.3, 0.4) is 0 Å². The van der Waals surface area contributed by atoms with Crippen LogP contribution in [0, 0.1) is 0 Å². The molecule has 6 heteroatoms. The van der Waals surface area contributed by atoms with Gasteiger partial charge in [-0.25, -0.2) is 0 Å².